The Balaban J connectivity index is 4.42. The van der Waals surface area contributed by atoms with Crippen LogP contribution in [-0.4, -0.2) is 82.6 Å². The van der Waals surface area contributed by atoms with E-state index in [1.807, 2.05) is 20.8 Å². The van der Waals surface area contributed by atoms with Gasteiger partial charge in [-0.3, -0.25) is 4.99 Å². The zero-order chi connectivity index (χ0) is 20.7. The lowest BCUT2D eigenvalue weighted by Crippen LogP contribution is -2.50. The van der Waals surface area contributed by atoms with E-state index in [0.29, 0.717) is 6.54 Å². The van der Waals surface area contributed by atoms with Crippen molar-refractivity contribution in [2.24, 2.45) is 4.99 Å². The summed E-state index contributed by atoms with van der Waals surface area (Å²) in [7, 11) is 5.52. The fraction of sp³-hybridized carbons (Fsp3) is 0.895. The Morgan fingerprint density at radius 1 is 1.22 bits per heavy atom. The van der Waals surface area contributed by atoms with Crippen LogP contribution in [0.2, 0.25) is 0 Å². The van der Waals surface area contributed by atoms with E-state index in [0.717, 1.165) is 51.5 Å². The monoisotopic (exact) mass is 387 g/mol. The van der Waals surface area contributed by atoms with E-state index >= 15 is 0 Å². The molecule has 0 fully saturated rings. The number of aliphatic imine (C=N–C) groups is 1. The molecule has 0 aromatic rings. The van der Waals surface area contributed by atoms with Crippen LogP contribution >= 0.6 is 0 Å². The second-order valence-corrected chi connectivity index (χ2v) is 7.66. The second kappa shape index (κ2) is 14.5. The maximum absolute atomic E-state index is 11.9. The lowest BCUT2D eigenvalue weighted by Gasteiger charge is -2.24. The molecule has 0 rings (SSSR count). The van der Waals surface area contributed by atoms with E-state index in [2.05, 4.69) is 39.8 Å². The van der Waals surface area contributed by atoms with Crippen LogP contribution in [0.1, 0.15) is 47.0 Å². The van der Waals surface area contributed by atoms with Crippen LogP contribution in [0.25, 0.3) is 0 Å². The van der Waals surface area contributed by atoms with Crippen molar-refractivity contribution < 1.29 is 14.3 Å². The van der Waals surface area contributed by atoms with E-state index < -0.39 is 11.7 Å². The van der Waals surface area contributed by atoms with Gasteiger partial charge in [0.1, 0.15) is 5.60 Å². The van der Waals surface area contributed by atoms with E-state index in [-0.39, 0.29) is 6.04 Å². The number of likely N-dealkylation sites (N-methyl/N-ethyl adjacent to an activating group) is 1. The van der Waals surface area contributed by atoms with Gasteiger partial charge in [-0.15, -0.1) is 0 Å². The molecule has 0 saturated heterocycles. The number of rotatable bonds is 12. The van der Waals surface area contributed by atoms with Gasteiger partial charge in [-0.2, -0.15) is 0 Å². The predicted molar refractivity (Wildman–Crippen MR) is 111 cm³/mol. The van der Waals surface area contributed by atoms with Crippen molar-refractivity contribution in [2.45, 2.75) is 58.6 Å². The van der Waals surface area contributed by atoms with Crippen molar-refractivity contribution in [3.8, 4) is 0 Å². The summed E-state index contributed by atoms with van der Waals surface area (Å²) in [6.45, 7) is 11.5. The molecule has 0 aliphatic rings. The topological polar surface area (TPSA) is 87.2 Å². The molecule has 1 atom stereocenters. The van der Waals surface area contributed by atoms with Crippen molar-refractivity contribution in [3.63, 3.8) is 0 Å². The van der Waals surface area contributed by atoms with E-state index in [1.54, 1.807) is 14.2 Å². The van der Waals surface area contributed by atoms with Gasteiger partial charge < -0.3 is 30.3 Å². The van der Waals surface area contributed by atoms with Gasteiger partial charge in [0.15, 0.2) is 5.96 Å². The van der Waals surface area contributed by atoms with Crippen LogP contribution in [-0.2, 0) is 9.47 Å². The fourth-order valence-corrected chi connectivity index (χ4v) is 2.31. The lowest BCUT2D eigenvalue weighted by molar-refractivity contribution is 0.0522. The van der Waals surface area contributed by atoms with E-state index in [9.17, 15) is 4.79 Å². The van der Waals surface area contributed by atoms with Gasteiger partial charge in [-0.25, -0.2) is 4.79 Å². The molecular weight excluding hydrogens is 346 g/mol. The van der Waals surface area contributed by atoms with Gasteiger partial charge in [-0.05, 0) is 34.2 Å². The van der Waals surface area contributed by atoms with Crippen LogP contribution in [0, 0.1) is 0 Å². The average molecular weight is 388 g/mol. The van der Waals surface area contributed by atoms with Crippen LogP contribution < -0.4 is 16.0 Å². The smallest absolute Gasteiger partial charge is 0.407 e. The van der Waals surface area contributed by atoms with Gasteiger partial charge in [0.05, 0.1) is 6.61 Å². The highest BCUT2D eigenvalue weighted by atomic mass is 16.6. The Labute approximate surface area is 165 Å². The maximum atomic E-state index is 11.9. The molecule has 8 nitrogen and oxygen atoms in total. The molecule has 0 aliphatic carbocycles. The van der Waals surface area contributed by atoms with E-state index in [4.69, 9.17) is 9.47 Å². The SMILES string of the molecule is CCCCC(CNC(=O)OC(C)(C)C)NC(=NC)NCCN(C)CCOC. The van der Waals surface area contributed by atoms with Gasteiger partial charge in [0.25, 0.3) is 0 Å². The Morgan fingerprint density at radius 3 is 2.48 bits per heavy atom. The summed E-state index contributed by atoms with van der Waals surface area (Å²) in [6.07, 6.45) is 2.72. The van der Waals surface area contributed by atoms with Crippen molar-refractivity contribution in [1.82, 2.24) is 20.9 Å². The molecule has 1 amide bonds. The lowest BCUT2D eigenvalue weighted by atomic mass is 10.1. The molecule has 160 valence electrons. The number of nitrogens with one attached hydrogen (secondary N) is 3. The van der Waals surface area contributed by atoms with E-state index in [1.165, 1.54) is 0 Å². The zero-order valence-electron chi connectivity index (χ0n) is 18.4. The molecule has 8 heteroatoms. The zero-order valence-corrected chi connectivity index (χ0v) is 18.4. The Kier molecular flexibility index (Phi) is 13.7. The molecule has 27 heavy (non-hydrogen) atoms. The summed E-state index contributed by atoms with van der Waals surface area (Å²) in [4.78, 5) is 18.4. The minimum absolute atomic E-state index is 0.0925. The highest BCUT2D eigenvalue weighted by molar-refractivity contribution is 5.80. The number of unbranched alkanes of at least 4 members (excludes halogenated alkanes) is 1. The Hall–Kier alpha value is -1.54. The van der Waals surface area contributed by atoms with Crippen LogP contribution in [0.4, 0.5) is 4.79 Å². The quantitative estimate of drug-likeness (QED) is 0.350. The fourth-order valence-electron chi connectivity index (χ4n) is 2.31. The first kappa shape index (κ1) is 25.5. The second-order valence-electron chi connectivity index (χ2n) is 7.66. The molecule has 1 unspecified atom stereocenters. The molecule has 0 spiro atoms. The predicted octanol–water partition coefficient (Wildman–Crippen LogP) is 1.81. The number of methoxy groups -OCH3 is 1. The van der Waals surface area contributed by atoms with Gasteiger partial charge in [0.2, 0.25) is 0 Å². The number of carbonyl (C=O) groups is 1. The summed E-state index contributed by atoms with van der Waals surface area (Å²) < 4.78 is 10.4. The van der Waals surface area contributed by atoms with Crippen molar-refractivity contribution in [3.05, 3.63) is 0 Å². The molecule has 0 saturated carbocycles. The largest absolute Gasteiger partial charge is 0.444 e. The number of hydrogen-bond acceptors (Lipinski definition) is 5. The molecule has 0 bridgehead atoms. The molecule has 0 aromatic carbocycles. The number of alkyl carbamates (subject to hydrolysis) is 1. The minimum atomic E-state index is -0.497. The van der Waals surface area contributed by atoms with Gasteiger partial charge in [0, 0.05) is 46.4 Å². The number of ether oxygens (including phenoxy) is 2. The van der Waals surface area contributed by atoms with Crippen molar-refractivity contribution >= 4 is 12.1 Å². The van der Waals surface area contributed by atoms with Crippen LogP contribution in [0.5, 0.6) is 0 Å². The van der Waals surface area contributed by atoms with Crippen molar-refractivity contribution in [1.29, 1.82) is 0 Å². The molecule has 0 radical (unpaired) electrons. The number of amides is 1. The third kappa shape index (κ3) is 15.2. The normalized spacial score (nSPS) is 13.4. The molecular formula is C19H41N5O3. The summed E-state index contributed by atoms with van der Waals surface area (Å²) in [5.74, 6) is 0.738. The number of guanidine groups is 1. The number of hydrogen-bond donors (Lipinski definition) is 3. The third-order valence-corrected chi connectivity index (χ3v) is 3.83. The van der Waals surface area contributed by atoms with Gasteiger partial charge in [-0.1, -0.05) is 19.8 Å². The molecule has 0 aromatic heterocycles. The number of carbonyl (C=O) groups excluding carboxylic acids is 1. The van der Waals surface area contributed by atoms with Crippen molar-refractivity contribution in [2.75, 3.05) is 54.0 Å². The Morgan fingerprint density at radius 2 is 1.93 bits per heavy atom. The highest BCUT2D eigenvalue weighted by Crippen LogP contribution is 2.07. The van der Waals surface area contributed by atoms with Crippen LogP contribution in [0.15, 0.2) is 4.99 Å². The minimum Gasteiger partial charge on any atom is -0.444 e. The standard InChI is InChI=1S/C19H41N5O3/c1-8-9-10-16(15-22-18(25)27-19(2,3)4)23-17(20-5)21-11-12-24(6)13-14-26-7/h16H,8-15H2,1-7H3,(H,22,25)(H2,20,21,23). The van der Waals surface area contributed by atoms with Crippen LogP contribution in [0.3, 0.4) is 0 Å². The number of nitrogens with zero attached hydrogens (tertiary/aromatic N) is 2. The molecule has 3 N–H and O–H groups in total. The highest BCUT2D eigenvalue weighted by Gasteiger charge is 2.18. The Bertz CT molecular complexity index is 424. The summed E-state index contributed by atoms with van der Waals surface area (Å²) in [6, 6.07) is 0.0925. The maximum Gasteiger partial charge on any atom is 0.407 e. The third-order valence-electron chi connectivity index (χ3n) is 3.83. The summed E-state index contributed by atoms with van der Waals surface area (Å²) >= 11 is 0. The first-order valence-corrected chi connectivity index (χ1v) is 9.83. The molecule has 0 heterocycles. The summed E-state index contributed by atoms with van der Waals surface area (Å²) in [5.41, 5.74) is -0.497. The molecule has 0 aliphatic heterocycles. The first-order chi connectivity index (χ1) is 12.7. The summed E-state index contributed by atoms with van der Waals surface area (Å²) in [5, 5.41) is 9.57. The average Bonchev–Trinajstić information content (AvgIpc) is 2.59. The van der Waals surface area contributed by atoms with Gasteiger partial charge >= 0.3 is 6.09 Å². The first-order valence-electron chi connectivity index (χ1n) is 9.83.